The largest absolute Gasteiger partial charge is 0.459 e. The summed E-state index contributed by atoms with van der Waals surface area (Å²) in [6.45, 7) is -0.133. The molecule has 0 aliphatic carbocycles. The summed E-state index contributed by atoms with van der Waals surface area (Å²) < 4.78 is 29.4. The van der Waals surface area contributed by atoms with E-state index in [0.29, 0.717) is 16.7 Å². The lowest BCUT2D eigenvalue weighted by molar-refractivity contribution is -0.176. The van der Waals surface area contributed by atoms with Crippen molar-refractivity contribution in [1.29, 1.82) is 0 Å². The van der Waals surface area contributed by atoms with E-state index in [1.54, 1.807) is 91.0 Å². The maximum atomic E-state index is 13.1. The third-order valence-corrected chi connectivity index (χ3v) is 6.42. The standard InChI is InChI=1S/C33H28O8/c34-30(24-15-7-2-8-16-24)37-22-27-28(40-31(35)25-17-9-3-10-18-25)29(41-32(36)26-19-11-4-12-20-26)33(39-27)38-21-23-13-5-1-6-14-23/h1-20,27-29,33H,21-22H2/t27-,28-,29-,33-/m1/s1. The Hall–Kier alpha value is -4.79. The summed E-state index contributed by atoms with van der Waals surface area (Å²) in [7, 11) is 0. The molecule has 5 rings (SSSR count). The summed E-state index contributed by atoms with van der Waals surface area (Å²) in [5.74, 6) is -1.87. The molecule has 0 bridgehead atoms. The number of hydrogen-bond acceptors (Lipinski definition) is 8. The van der Waals surface area contributed by atoms with Crippen LogP contribution in [0.2, 0.25) is 0 Å². The number of carbonyl (C=O) groups excluding carboxylic acids is 3. The van der Waals surface area contributed by atoms with Crippen LogP contribution in [0.25, 0.3) is 0 Å². The Morgan fingerprint density at radius 3 is 1.51 bits per heavy atom. The van der Waals surface area contributed by atoms with E-state index < -0.39 is 42.5 Å². The van der Waals surface area contributed by atoms with E-state index in [0.717, 1.165) is 5.56 Å². The molecule has 1 heterocycles. The normalized spacial score (nSPS) is 19.7. The second kappa shape index (κ2) is 13.5. The van der Waals surface area contributed by atoms with Crippen LogP contribution in [0, 0.1) is 0 Å². The molecule has 1 aliphatic rings. The van der Waals surface area contributed by atoms with Gasteiger partial charge in [-0.3, -0.25) is 0 Å². The van der Waals surface area contributed by atoms with Gasteiger partial charge in [-0.15, -0.1) is 0 Å². The number of carbonyl (C=O) groups is 3. The molecule has 0 spiro atoms. The monoisotopic (exact) mass is 552 g/mol. The minimum atomic E-state index is -1.15. The van der Waals surface area contributed by atoms with Gasteiger partial charge in [0.2, 0.25) is 0 Å². The van der Waals surface area contributed by atoms with Gasteiger partial charge >= 0.3 is 17.9 Å². The Morgan fingerprint density at radius 2 is 1.00 bits per heavy atom. The minimum Gasteiger partial charge on any atom is -0.459 e. The number of hydrogen-bond donors (Lipinski definition) is 0. The van der Waals surface area contributed by atoms with E-state index in [1.807, 2.05) is 30.3 Å². The van der Waals surface area contributed by atoms with Crippen LogP contribution in [0.15, 0.2) is 121 Å². The molecule has 0 saturated carbocycles. The predicted molar refractivity (Wildman–Crippen MR) is 148 cm³/mol. The van der Waals surface area contributed by atoms with Gasteiger partial charge in [-0.25, -0.2) is 14.4 Å². The molecule has 4 aromatic rings. The van der Waals surface area contributed by atoms with Crippen LogP contribution in [0.5, 0.6) is 0 Å². The van der Waals surface area contributed by atoms with Gasteiger partial charge in [0.05, 0.1) is 23.3 Å². The fraction of sp³-hybridized carbons (Fsp3) is 0.182. The summed E-state index contributed by atoms with van der Waals surface area (Å²) in [4.78, 5) is 38.9. The molecule has 4 atom stereocenters. The number of esters is 3. The molecule has 1 saturated heterocycles. The number of benzene rings is 4. The molecule has 4 aromatic carbocycles. The van der Waals surface area contributed by atoms with Crippen LogP contribution >= 0.6 is 0 Å². The summed E-state index contributed by atoms with van der Waals surface area (Å²) in [5.41, 5.74) is 1.82. The van der Waals surface area contributed by atoms with Crippen molar-refractivity contribution in [1.82, 2.24) is 0 Å². The summed E-state index contributed by atoms with van der Waals surface area (Å²) >= 11 is 0. The third kappa shape index (κ3) is 7.25. The van der Waals surface area contributed by atoms with Crippen LogP contribution in [0.4, 0.5) is 0 Å². The molecule has 0 unspecified atom stereocenters. The highest BCUT2D eigenvalue weighted by Crippen LogP contribution is 2.30. The molecule has 0 radical (unpaired) electrons. The van der Waals surface area contributed by atoms with Gasteiger partial charge in [0.1, 0.15) is 12.7 Å². The van der Waals surface area contributed by atoms with Gasteiger partial charge in [0, 0.05) is 0 Å². The first-order valence-electron chi connectivity index (χ1n) is 13.1. The van der Waals surface area contributed by atoms with Crippen molar-refractivity contribution in [3.63, 3.8) is 0 Å². The highest BCUT2D eigenvalue weighted by molar-refractivity contribution is 5.91. The fourth-order valence-electron chi connectivity index (χ4n) is 4.33. The Labute approximate surface area is 237 Å². The van der Waals surface area contributed by atoms with Gasteiger partial charge in [-0.05, 0) is 42.0 Å². The van der Waals surface area contributed by atoms with Crippen LogP contribution in [-0.2, 0) is 30.3 Å². The van der Waals surface area contributed by atoms with Gasteiger partial charge in [-0.2, -0.15) is 0 Å². The molecule has 0 amide bonds. The molecular weight excluding hydrogens is 524 g/mol. The Morgan fingerprint density at radius 1 is 0.561 bits per heavy atom. The van der Waals surface area contributed by atoms with Crippen molar-refractivity contribution in [3.8, 4) is 0 Å². The van der Waals surface area contributed by atoms with Crippen molar-refractivity contribution >= 4 is 17.9 Å². The van der Waals surface area contributed by atoms with Gasteiger partial charge in [-0.1, -0.05) is 84.9 Å². The Kier molecular flexibility index (Phi) is 9.15. The summed E-state index contributed by atoms with van der Waals surface area (Å²) in [6, 6.07) is 34.7. The zero-order valence-corrected chi connectivity index (χ0v) is 22.0. The zero-order chi connectivity index (χ0) is 28.4. The average molecular weight is 553 g/mol. The van der Waals surface area contributed by atoms with Crippen molar-refractivity contribution in [2.24, 2.45) is 0 Å². The lowest BCUT2D eigenvalue weighted by Gasteiger charge is -2.24. The maximum Gasteiger partial charge on any atom is 0.338 e. The molecule has 0 aromatic heterocycles. The van der Waals surface area contributed by atoms with Crippen LogP contribution in [0.3, 0.4) is 0 Å². The topological polar surface area (TPSA) is 97.4 Å². The van der Waals surface area contributed by atoms with Crippen LogP contribution in [-0.4, -0.2) is 49.1 Å². The van der Waals surface area contributed by atoms with Crippen molar-refractivity contribution < 1.29 is 38.1 Å². The molecule has 208 valence electrons. The van der Waals surface area contributed by atoms with E-state index in [2.05, 4.69) is 0 Å². The van der Waals surface area contributed by atoms with E-state index >= 15 is 0 Å². The minimum absolute atomic E-state index is 0.140. The van der Waals surface area contributed by atoms with Crippen LogP contribution < -0.4 is 0 Å². The molecule has 0 N–H and O–H groups in total. The van der Waals surface area contributed by atoms with Crippen molar-refractivity contribution in [2.75, 3.05) is 6.61 Å². The lowest BCUT2D eigenvalue weighted by atomic mass is 10.1. The molecule has 1 aliphatic heterocycles. The number of rotatable bonds is 10. The highest BCUT2D eigenvalue weighted by Gasteiger charge is 2.51. The van der Waals surface area contributed by atoms with E-state index in [4.69, 9.17) is 23.7 Å². The van der Waals surface area contributed by atoms with E-state index in [1.165, 1.54) is 0 Å². The molecule has 8 nitrogen and oxygen atoms in total. The van der Waals surface area contributed by atoms with Gasteiger partial charge in [0.15, 0.2) is 18.5 Å². The van der Waals surface area contributed by atoms with Crippen molar-refractivity contribution in [2.45, 2.75) is 31.2 Å². The quantitative estimate of drug-likeness (QED) is 0.195. The first-order valence-corrected chi connectivity index (χ1v) is 13.1. The number of ether oxygens (including phenoxy) is 5. The summed E-state index contributed by atoms with van der Waals surface area (Å²) in [6.07, 6.45) is -4.39. The van der Waals surface area contributed by atoms with E-state index in [9.17, 15) is 14.4 Å². The first kappa shape index (κ1) is 27.8. The molecule has 41 heavy (non-hydrogen) atoms. The van der Waals surface area contributed by atoms with E-state index in [-0.39, 0.29) is 13.2 Å². The second-order valence-corrected chi connectivity index (χ2v) is 9.28. The Balaban J connectivity index is 1.40. The Bertz CT molecular complexity index is 1430. The SMILES string of the molecule is O=C(OC[C@H]1O[C@@H](OCc2ccccc2)[C@H](OC(=O)c2ccccc2)[C@@H]1OC(=O)c1ccccc1)c1ccccc1. The smallest absolute Gasteiger partial charge is 0.338 e. The average Bonchev–Trinajstić information content (AvgIpc) is 3.35. The maximum absolute atomic E-state index is 13.1. The fourth-order valence-corrected chi connectivity index (χ4v) is 4.33. The molecule has 8 heteroatoms. The van der Waals surface area contributed by atoms with Gasteiger partial charge in [0.25, 0.3) is 0 Å². The highest BCUT2D eigenvalue weighted by atomic mass is 16.7. The molecule has 1 fully saturated rings. The second-order valence-electron chi connectivity index (χ2n) is 9.28. The lowest BCUT2D eigenvalue weighted by Crippen LogP contribution is -2.42. The predicted octanol–water partition coefficient (Wildman–Crippen LogP) is 5.24. The van der Waals surface area contributed by atoms with Gasteiger partial charge < -0.3 is 23.7 Å². The first-order chi connectivity index (χ1) is 20.1. The summed E-state index contributed by atoms with van der Waals surface area (Å²) in [5, 5.41) is 0. The van der Waals surface area contributed by atoms with Crippen molar-refractivity contribution in [3.05, 3.63) is 144 Å². The third-order valence-electron chi connectivity index (χ3n) is 6.42. The van der Waals surface area contributed by atoms with Crippen LogP contribution in [0.1, 0.15) is 36.6 Å². The zero-order valence-electron chi connectivity index (χ0n) is 22.0. The molecular formula is C33H28O8.